The van der Waals surface area contributed by atoms with E-state index in [1.807, 2.05) is 0 Å². The van der Waals surface area contributed by atoms with Crippen molar-refractivity contribution in [1.29, 1.82) is 0 Å². The van der Waals surface area contributed by atoms with Gasteiger partial charge in [-0.25, -0.2) is 14.0 Å². The third-order valence-corrected chi connectivity index (χ3v) is 7.31. The zero-order valence-electron chi connectivity index (χ0n) is 24.7. The summed E-state index contributed by atoms with van der Waals surface area (Å²) in [6.07, 6.45) is -5.25. The van der Waals surface area contributed by atoms with Crippen molar-refractivity contribution in [3.8, 4) is 5.75 Å². The van der Waals surface area contributed by atoms with Crippen LogP contribution >= 0.6 is 0 Å². The molecule has 0 bridgehead atoms. The Hall–Kier alpha value is -4.85. The number of urea groups is 2. The third-order valence-electron chi connectivity index (χ3n) is 7.31. The number of nitrogens with zero attached hydrogens (tertiary/aromatic N) is 2. The zero-order valence-corrected chi connectivity index (χ0v) is 24.7. The molecule has 45 heavy (non-hydrogen) atoms. The Morgan fingerprint density at radius 3 is 2.27 bits per heavy atom. The molecule has 0 unspecified atom stereocenters. The maximum atomic E-state index is 13.6. The first-order valence-electron chi connectivity index (χ1n) is 14.0. The average Bonchev–Trinajstić information content (AvgIpc) is 2.99. The van der Waals surface area contributed by atoms with Gasteiger partial charge in [0.2, 0.25) is 0 Å². The highest BCUT2D eigenvalue weighted by molar-refractivity contribution is 6.04. The Kier molecular flexibility index (Phi) is 10.2. The number of para-hydroxylation sites is 1. The van der Waals surface area contributed by atoms with E-state index in [-0.39, 0.29) is 42.4 Å². The van der Waals surface area contributed by atoms with E-state index in [4.69, 9.17) is 4.74 Å². The molecule has 0 saturated heterocycles. The fourth-order valence-electron chi connectivity index (χ4n) is 4.69. The van der Waals surface area contributed by atoms with Gasteiger partial charge in [0.1, 0.15) is 11.9 Å². The molecule has 1 aliphatic heterocycles. The number of carbonyl (C=O) groups is 3. The first-order valence-corrected chi connectivity index (χ1v) is 14.0. The number of aliphatic hydroxyl groups is 1. The molecule has 1 heterocycles. The average molecular weight is 632 g/mol. The predicted molar refractivity (Wildman–Crippen MR) is 160 cm³/mol. The summed E-state index contributed by atoms with van der Waals surface area (Å²) in [6, 6.07) is 11.9. The van der Waals surface area contributed by atoms with Gasteiger partial charge in [0.15, 0.2) is 5.75 Å². The van der Waals surface area contributed by atoms with Crippen molar-refractivity contribution in [3.05, 3.63) is 83.7 Å². The van der Waals surface area contributed by atoms with Gasteiger partial charge < -0.3 is 35.6 Å². The monoisotopic (exact) mass is 631 g/mol. The highest BCUT2D eigenvalue weighted by Gasteiger charge is 2.35. The summed E-state index contributed by atoms with van der Waals surface area (Å²) in [5.74, 6) is -1.26. The number of hydrogen-bond donors (Lipinski definition) is 4. The standard InChI is InChI=1S/C31H33F4N5O5/c1-18-15-40(19(2)17-41)28(42)24-5-4-6-25(38-29(43)36-22-13-9-21(32)10-14-22)27(24)45-26(18)16-39(3)30(44)37-23-11-7-20(8-12-23)31(33,34)35/h4-14,18-19,26,41H,15-17H2,1-3H3,(H,37,44)(H2,36,38,43)/t18-,19+,26-/m0/s1. The lowest BCUT2D eigenvalue weighted by Crippen LogP contribution is -2.50. The lowest BCUT2D eigenvalue weighted by molar-refractivity contribution is -0.137. The zero-order chi connectivity index (χ0) is 32.9. The number of alkyl halides is 3. The van der Waals surface area contributed by atoms with Crippen molar-refractivity contribution in [3.63, 3.8) is 0 Å². The Balaban J connectivity index is 1.58. The van der Waals surface area contributed by atoms with E-state index in [1.165, 1.54) is 53.2 Å². The molecule has 3 atom stereocenters. The van der Waals surface area contributed by atoms with Crippen LogP contribution < -0.4 is 20.7 Å². The number of carbonyl (C=O) groups excluding carboxylic acids is 3. The molecular weight excluding hydrogens is 598 g/mol. The van der Waals surface area contributed by atoms with Crippen LogP contribution in [0.1, 0.15) is 29.8 Å². The molecule has 4 N–H and O–H groups in total. The molecule has 0 fully saturated rings. The summed E-state index contributed by atoms with van der Waals surface area (Å²) < 4.78 is 58.4. The molecule has 0 aromatic heterocycles. The molecule has 14 heteroatoms. The molecule has 4 rings (SSSR count). The third kappa shape index (κ3) is 8.20. The minimum absolute atomic E-state index is 0.0152. The Bertz CT molecular complexity index is 1520. The molecule has 3 aromatic rings. The molecule has 0 aliphatic carbocycles. The quantitative estimate of drug-likeness (QED) is 0.243. The molecular formula is C31H33F4N5O5. The van der Waals surface area contributed by atoms with Gasteiger partial charge in [-0.2, -0.15) is 13.2 Å². The summed E-state index contributed by atoms with van der Waals surface area (Å²) in [5, 5.41) is 17.7. The van der Waals surface area contributed by atoms with E-state index in [9.17, 15) is 37.1 Å². The van der Waals surface area contributed by atoms with E-state index in [0.29, 0.717) is 5.69 Å². The second kappa shape index (κ2) is 13.8. The van der Waals surface area contributed by atoms with Crippen LogP contribution in [0.2, 0.25) is 0 Å². The lowest BCUT2D eigenvalue weighted by atomic mass is 9.99. The van der Waals surface area contributed by atoms with Crippen LogP contribution in [0.5, 0.6) is 5.75 Å². The molecule has 0 radical (unpaired) electrons. The number of aliphatic hydroxyl groups excluding tert-OH is 1. The minimum atomic E-state index is -4.51. The van der Waals surface area contributed by atoms with E-state index in [2.05, 4.69) is 16.0 Å². The summed E-state index contributed by atoms with van der Waals surface area (Å²) in [6.45, 7) is 3.33. The first-order chi connectivity index (χ1) is 21.3. The van der Waals surface area contributed by atoms with Gasteiger partial charge in [-0.05, 0) is 67.6 Å². The SMILES string of the molecule is C[C@H](CO)N1C[C@H](C)[C@H](CN(C)C(=O)Nc2ccc(C(F)(F)F)cc2)Oc2c(NC(=O)Nc3ccc(F)cc3)cccc2C1=O. The van der Waals surface area contributed by atoms with Gasteiger partial charge in [-0.1, -0.05) is 13.0 Å². The summed E-state index contributed by atoms with van der Waals surface area (Å²) in [7, 11) is 1.48. The number of anilines is 3. The fraction of sp³-hybridized carbons (Fsp3) is 0.323. The maximum Gasteiger partial charge on any atom is 0.416 e. The van der Waals surface area contributed by atoms with Crippen LogP contribution in [0.3, 0.4) is 0 Å². The molecule has 3 aromatic carbocycles. The highest BCUT2D eigenvalue weighted by Crippen LogP contribution is 2.35. The van der Waals surface area contributed by atoms with Crippen molar-refractivity contribution in [2.75, 3.05) is 42.7 Å². The Labute approximate surface area is 257 Å². The molecule has 10 nitrogen and oxygen atoms in total. The molecule has 0 saturated carbocycles. The number of halogens is 4. The Morgan fingerprint density at radius 2 is 1.64 bits per heavy atom. The van der Waals surface area contributed by atoms with Crippen LogP contribution in [0, 0.1) is 11.7 Å². The van der Waals surface area contributed by atoms with E-state index < -0.39 is 53.6 Å². The molecule has 240 valence electrons. The van der Waals surface area contributed by atoms with Gasteiger partial charge in [-0.15, -0.1) is 0 Å². The van der Waals surface area contributed by atoms with Crippen molar-refractivity contribution < 1.29 is 41.8 Å². The summed E-state index contributed by atoms with van der Waals surface area (Å²) in [4.78, 5) is 42.3. The van der Waals surface area contributed by atoms with Crippen LogP contribution in [0.25, 0.3) is 0 Å². The second-order valence-electron chi connectivity index (χ2n) is 10.8. The topological polar surface area (TPSA) is 123 Å². The first kappa shape index (κ1) is 33.1. The molecule has 1 aliphatic rings. The van der Waals surface area contributed by atoms with Crippen LogP contribution in [-0.2, 0) is 6.18 Å². The summed E-state index contributed by atoms with van der Waals surface area (Å²) >= 11 is 0. The van der Waals surface area contributed by atoms with Crippen molar-refractivity contribution in [1.82, 2.24) is 9.80 Å². The van der Waals surface area contributed by atoms with Crippen LogP contribution in [-0.4, -0.2) is 71.8 Å². The largest absolute Gasteiger partial charge is 0.485 e. The number of likely N-dealkylation sites (N-methyl/N-ethyl adjacent to an activating group) is 1. The fourth-order valence-corrected chi connectivity index (χ4v) is 4.69. The lowest BCUT2D eigenvalue weighted by Gasteiger charge is -2.38. The smallest absolute Gasteiger partial charge is 0.416 e. The number of fused-ring (bicyclic) bond motifs is 1. The van der Waals surface area contributed by atoms with E-state index >= 15 is 0 Å². The summed E-state index contributed by atoms with van der Waals surface area (Å²) in [5.41, 5.74) is -0.114. The number of rotatable bonds is 7. The van der Waals surface area contributed by atoms with Crippen LogP contribution in [0.15, 0.2) is 66.7 Å². The molecule has 5 amide bonds. The Morgan fingerprint density at radius 1 is 1.02 bits per heavy atom. The van der Waals surface area contributed by atoms with Gasteiger partial charge >= 0.3 is 18.2 Å². The van der Waals surface area contributed by atoms with Gasteiger partial charge in [0, 0.05) is 30.9 Å². The van der Waals surface area contributed by atoms with Crippen molar-refractivity contribution in [2.45, 2.75) is 32.2 Å². The van der Waals surface area contributed by atoms with Gasteiger partial charge in [-0.3, -0.25) is 4.79 Å². The number of benzene rings is 3. The van der Waals surface area contributed by atoms with E-state index in [1.54, 1.807) is 19.9 Å². The maximum absolute atomic E-state index is 13.6. The highest BCUT2D eigenvalue weighted by atomic mass is 19.4. The van der Waals surface area contributed by atoms with Crippen LogP contribution in [0.4, 0.5) is 44.2 Å². The van der Waals surface area contributed by atoms with Crippen molar-refractivity contribution in [2.24, 2.45) is 5.92 Å². The second-order valence-corrected chi connectivity index (χ2v) is 10.8. The number of amides is 5. The number of nitrogens with one attached hydrogen (secondary N) is 3. The number of hydrogen-bond acceptors (Lipinski definition) is 5. The minimum Gasteiger partial charge on any atom is -0.485 e. The predicted octanol–water partition coefficient (Wildman–Crippen LogP) is 5.87. The normalized spacial score (nSPS) is 17.2. The van der Waals surface area contributed by atoms with Gasteiger partial charge in [0.05, 0.1) is 36.0 Å². The van der Waals surface area contributed by atoms with Crippen molar-refractivity contribution >= 4 is 35.0 Å². The van der Waals surface area contributed by atoms with Gasteiger partial charge in [0.25, 0.3) is 5.91 Å². The molecule has 0 spiro atoms. The number of ether oxygens (including phenoxy) is 1. The van der Waals surface area contributed by atoms with E-state index in [0.717, 1.165) is 24.3 Å².